The van der Waals surface area contributed by atoms with Gasteiger partial charge in [0.1, 0.15) is 0 Å². The zero-order chi connectivity index (χ0) is 15.7. The highest BCUT2D eigenvalue weighted by Crippen LogP contribution is 2.24. The van der Waals surface area contributed by atoms with Crippen LogP contribution in [0.25, 0.3) is 11.0 Å². The summed E-state index contributed by atoms with van der Waals surface area (Å²) in [6, 6.07) is 13.7. The van der Waals surface area contributed by atoms with Gasteiger partial charge in [0, 0.05) is 0 Å². The molecule has 1 N–H and O–H groups in total. The Morgan fingerprint density at radius 3 is 2.36 bits per heavy atom. The number of anilines is 1. The molecule has 112 valence electrons. The molecule has 1 heterocycles. The second-order valence-electron chi connectivity index (χ2n) is 4.77. The summed E-state index contributed by atoms with van der Waals surface area (Å²) in [6.45, 7) is 1.82. The van der Waals surface area contributed by atoms with Crippen LogP contribution < -0.4 is 4.72 Å². The normalized spacial score (nSPS) is 11.5. The average molecular weight is 334 g/mol. The van der Waals surface area contributed by atoms with Crippen molar-refractivity contribution in [2.75, 3.05) is 4.72 Å². The van der Waals surface area contributed by atoms with E-state index in [1.807, 2.05) is 19.1 Å². The van der Waals surface area contributed by atoms with Crippen LogP contribution in [-0.4, -0.2) is 18.4 Å². The van der Waals surface area contributed by atoms with Crippen molar-refractivity contribution in [2.24, 2.45) is 0 Å². The first-order chi connectivity index (χ1) is 10.5. The summed E-state index contributed by atoms with van der Waals surface area (Å²) in [5.74, 6) is 0.0156. The number of benzene rings is 2. The maximum absolute atomic E-state index is 12.4. The molecule has 7 heteroatoms. The van der Waals surface area contributed by atoms with Gasteiger partial charge in [-0.3, -0.25) is 4.72 Å². The molecular formula is C15H12ClN3O2S. The molecule has 0 bridgehead atoms. The van der Waals surface area contributed by atoms with Gasteiger partial charge >= 0.3 is 0 Å². The number of aromatic nitrogens is 2. The standard InChI is InChI=1S/C15H12ClN3O2S/c1-10-5-4-6-11(9-10)22(20,21)19-15-14(16)17-12-7-2-3-8-13(12)18-15/h2-9H,1H3,(H,18,19). The van der Waals surface area contributed by atoms with Gasteiger partial charge in [0.25, 0.3) is 10.0 Å². The average Bonchev–Trinajstić information content (AvgIpc) is 2.48. The van der Waals surface area contributed by atoms with Crippen molar-refractivity contribution < 1.29 is 8.42 Å². The SMILES string of the molecule is Cc1cccc(S(=O)(=O)Nc2nc3ccccc3nc2Cl)c1. The van der Waals surface area contributed by atoms with Gasteiger partial charge in [-0.05, 0) is 36.8 Å². The molecule has 0 fully saturated rings. The van der Waals surface area contributed by atoms with Gasteiger partial charge in [-0.25, -0.2) is 18.4 Å². The molecule has 0 spiro atoms. The molecule has 0 aliphatic carbocycles. The highest BCUT2D eigenvalue weighted by molar-refractivity contribution is 7.92. The molecular weight excluding hydrogens is 322 g/mol. The summed E-state index contributed by atoms with van der Waals surface area (Å²) >= 11 is 6.03. The largest absolute Gasteiger partial charge is 0.263 e. The van der Waals surface area contributed by atoms with Crippen molar-refractivity contribution in [1.82, 2.24) is 9.97 Å². The van der Waals surface area contributed by atoms with E-state index in [1.165, 1.54) is 6.07 Å². The topological polar surface area (TPSA) is 72.0 Å². The van der Waals surface area contributed by atoms with E-state index in [1.54, 1.807) is 30.3 Å². The van der Waals surface area contributed by atoms with Gasteiger partial charge in [0.15, 0.2) is 11.0 Å². The van der Waals surface area contributed by atoms with E-state index in [9.17, 15) is 8.42 Å². The van der Waals surface area contributed by atoms with E-state index in [0.29, 0.717) is 11.0 Å². The van der Waals surface area contributed by atoms with Crippen molar-refractivity contribution in [3.8, 4) is 0 Å². The van der Waals surface area contributed by atoms with E-state index in [-0.39, 0.29) is 15.9 Å². The van der Waals surface area contributed by atoms with E-state index >= 15 is 0 Å². The Bertz CT molecular complexity index is 958. The zero-order valence-electron chi connectivity index (χ0n) is 11.6. The number of fused-ring (bicyclic) bond motifs is 1. The molecule has 0 amide bonds. The van der Waals surface area contributed by atoms with Crippen LogP contribution in [0.15, 0.2) is 53.4 Å². The summed E-state index contributed by atoms with van der Waals surface area (Å²) < 4.78 is 27.2. The summed E-state index contributed by atoms with van der Waals surface area (Å²) in [7, 11) is -3.76. The van der Waals surface area contributed by atoms with Gasteiger partial charge in [0.2, 0.25) is 0 Å². The molecule has 22 heavy (non-hydrogen) atoms. The number of hydrogen-bond donors (Lipinski definition) is 1. The Morgan fingerprint density at radius 2 is 1.68 bits per heavy atom. The number of para-hydroxylation sites is 2. The lowest BCUT2D eigenvalue weighted by Gasteiger charge is -2.09. The minimum absolute atomic E-state index is 0.00919. The third kappa shape index (κ3) is 2.88. The molecule has 2 aromatic carbocycles. The predicted octanol–water partition coefficient (Wildman–Crippen LogP) is 3.39. The van der Waals surface area contributed by atoms with Gasteiger partial charge in [-0.2, -0.15) is 0 Å². The highest BCUT2D eigenvalue weighted by Gasteiger charge is 2.18. The van der Waals surface area contributed by atoms with Crippen LogP contribution in [0.3, 0.4) is 0 Å². The second kappa shape index (κ2) is 5.55. The fraction of sp³-hybridized carbons (Fsp3) is 0.0667. The summed E-state index contributed by atoms with van der Waals surface area (Å²) in [5.41, 5.74) is 2.01. The Labute approximate surface area is 133 Å². The van der Waals surface area contributed by atoms with E-state index in [0.717, 1.165) is 5.56 Å². The highest BCUT2D eigenvalue weighted by atomic mass is 35.5. The first kappa shape index (κ1) is 14.7. The van der Waals surface area contributed by atoms with Gasteiger partial charge in [-0.1, -0.05) is 35.9 Å². The fourth-order valence-electron chi connectivity index (χ4n) is 2.01. The van der Waals surface area contributed by atoms with Gasteiger partial charge in [0.05, 0.1) is 15.9 Å². The monoisotopic (exact) mass is 333 g/mol. The molecule has 0 saturated heterocycles. The molecule has 1 aromatic heterocycles. The number of sulfonamides is 1. The van der Waals surface area contributed by atoms with Crippen molar-refractivity contribution in [3.63, 3.8) is 0 Å². The maximum Gasteiger partial charge on any atom is 0.263 e. The number of halogens is 1. The molecule has 5 nitrogen and oxygen atoms in total. The lowest BCUT2D eigenvalue weighted by molar-refractivity contribution is 0.601. The summed E-state index contributed by atoms with van der Waals surface area (Å²) in [4.78, 5) is 8.52. The number of aryl methyl sites for hydroxylation is 1. The predicted molar refractivity (Wildman–Crippen MR) is 86.5 cm³/mol. The number of hydrogen-bond acceptors (Lipinski definition) is 4. The van der Waals surface area contributed by atoms with Gasteiger partial charge in [-0.15, -0.1) is 0 Å². The Hall–Kier alpha value is -2.18. The third-order valence-corrected chi connectivity index (χ3v) is 4.66. The summed E-state index contributed by atoms with van der Waals surface area (Å²) in [6.07, 6.45) is 0. The first-order valence-corrected chi connectivity index (χ1v) is 8.33. The minimum Gasteiger partial charge on any atom is -0.261 e. The van der Waals surface area contributed by atoms with Crippen LogP contribution in [0, 0.1) is 6.92 Å². The number of nitrogens with one attached hydrogen (secondary N) is 1. The molecule has 0 aliphatic heterocycles. The number of rotatable bonds is 3. The van der Waals surface area contributed by atoms with E-state index in [2.05, 4.69) is 14.7 Å². The molecule has 0 atom stereocenters. The Kier molecular flexibility index (Phi) is 3.72. The lowest BCUT2D eigenvalue weighted by atomic mass is 10.2. The Balaban J connectivity index is 2.03. The van der Waals surface area contributed by atoms with E-state index in [4.69, 9.17) is 11.6 Å². The molecule has 0 aliphatic rings. The van der Waals surface area contributed by atoms with Crippen LogP contribution in [0.4, 0.5) is 5.82 Å². The van der Waals surface area contributed by atoms with Crippen LogP contribution >= 0.6 is 11.6 Å². The van der Waals surface area contributed by atoms with Gasteiger partial charge < -0.3 is 0 Å². The third-order valence-electron chi connectivity index (χ3n) is 3.06. The molecule has 3 aromatic rings. The van der Waals surface area contributed by atoms with Crippen LogP contribution in [0.2, 0.25) is 5.15 Å². The quantitative estimate of drug-likeness (QED) is 0.797. The minimum atomic E-state index is -3.76. The Morgan fingerprint density at radius 1 is 1.00 bits per heavy atom. The van der Waals surface area contributed by atoms with Crippen molar-refractivity contribution in [2.45, 2.75) is 11.8 Å². The first-order valence-electron chi connectivity index (χ1n) is 6.47. The smallest absolute Gasteiger partial charge is 0.261 e. The molecule has 3 rings (SSSR count). The summed E-state index contributed by atoms with van der Waals surface area (Å²) in [5, 5.41) is 0.00919. The van der Waals surface area contributed by atoms with E-state index < -0.39 is 10.0 Å². The molecule has 0 unspecified atom stereocenters. The molecule has 0 saturated carbocycles. The molecule has 0 radical (unpaired) electrons. The van der Waals surface area contributed by atoms with Crippen LogP contribution in [0.5, 0.6) is 0 Å². The maximum atomic E-state index is 12.4. The fourth-order valence-corrected chi connectivity index (χ4v) is 3.36. The van der Waals surface area contributed by atoms with Crippen LogP contribution in [-0.2, 0) is 10.0 Å². The second-order valence-corrected chi connectivity index (χ2v) is 6.81. The van der Waals surface area contributed by atoms with Crippen molar-refractivity contribution >= 4 is 38.5 Å². The zero-order valence-corrected chi connectivity index (χ0v) is 13.2. The van der Waals surface area contributed by atoms with Crippen molar-refractivity contribution in [1.29, 1.82) is 0 Å². The van der Waals surface area contributed by atoms with Crippen LogP contribution in [0.1, 0.15) is 5.56 Å². The van der Waals surface area contributed by atoms with Crippen molar-refractivity contribution in [3.05, 3.63) is 59.2 Å². The lowest BCUT2D eigenvalue weighted by Crippen LogP contribution is -2.15. The number of nitrogens with zero attached hydrogens (tertiary/aromatic N) is 2.